The highest BCUT2D eigenvalue weighted by Crippen LogP contribution is 2.27. The average molecular weight is 376 g/mol. The van der Waals surface area contributed by atoms with Crippen molar-refractivity contribution in [3.8, 4) is 11.8 Å². The number of nitriles is 1. The number of alkyl halides is 2. The fourth-order valence-corrected chi connectivity index (χ4v) is 1.80. The van der Waals surface area contributed by atoms with Crippen LogP contribution in [0.15, 0.2) is 28.2 Å². The van der Waals surface area contributed by atoms with E-state index in [1.54, 1.807) is 6.07 Å². The van der Waals surface area contributed by atoms with E-state index in [1.807, 2.05) is 0 Å². The molecule has 1 rings (SSSR count). The largest absolute Gasteiger partial charge is 0.459 e. The molecule has 0 unspecified atom stereocenters. The van der Waals surface area contributed by atoms with Crippen LogP contribution in [0.25, 0.3) is 6.08 Å². The van der Waals surface area contributed by atoms with Crippen molar-refractivity contribution in [2.24, 2.45) is 0 Å². The Labute approximate surface area is 134 Å². The molecule has 8 heteroatoms. The molecule has 0 aliphatic heterocycles. The molecule has 5 nitrogen and oxygen atoms in total. The van der Waals surface area contributed by atoms with E-state index < -0.39 is 12.6 Å². The number of carbonyl (C=O) groups is 1. The van der Waals surface area contributed by atoms with Crippen LogP contribution in [0.3, 0.4) is 0 Å². The number of carbonyl (C=O) groups excluding carboxylic acids is 1. The van der Waals surface area contributed by atoms with Crippen LogP contribution in [-0.4, -0.2) is 32.9 Å². The Bertz CT molecular complexity index is 599. The van der Waals surface area contributed by atoms with Crippen LogP contribution in [0.2, 0.25) is 0 Å². The molecular formula is C14H12BrF2NO4. The van der Waals surface area contributed by atoms with Crippen molar-refractivity contribution in [1.82, 2.24) is 0 Å². The Morgan fingerprint density at radius 1 is 1.45 bits per heavy atom. The van der Waals surface area contributed by atoms with Crippen LogP contribution in [0.4, 0.5) is 8.78 Å². The van der Waals surface area contributed by atoms with E-state index in [4.69, 9.17) is 14.7 Å². The highest BCUT2D eigenvalue weighted by atomic mass is 79.9. The van der Waals surface area contributed by atoms with Gasteiger partial charge >= 0.3 is 12.6 Å². The van der Waals surface area contributed by atoms with Gasteiger partial charge in [0.25, 0.3) is 0 Å². The molecule has 0 spiro atoms. The van der Waals surface area contributed by atoms with Crippen molar-refractivity contribution in [2.45, 2.75) is 6.61 Å². The summed E-state index contributed by atoms with van der Waals surface area (Å²) in [5, 5.41) is 9.01. The van der Waals surface area contributed by atoms with E-state index in [2.05, 4.69) is 20.7 Å². The van der Waals surface area contributed by atoms with Crippen molar-refractivity contribution in [3.63, 3.8) is 0 Å². The summed E-state index contributed by atoms with van der Waals surface area (Å²) in [6.07, 6.45) is 1.12. The van der Waals surface area contributed by atoms with Gasteiger partial charge in [0.15, 0.2) is 0 Å². The van der Waals surface area contributed by atoms with E-state index in [-0.39, 0.29) is 30.1 Å². The first-order valence-electron chi connectivity index (χ1n) is 6.00. The fraction of sp³-hybridized carbons (Fsp3) is 0.286. The van der Waals surface area contributed by atoms with Crippen molar-refractivity contribution < 1.29 is 27.8 Å². The Morgan fingerprint density at radius 3 is 2.77 bits per heavy atom. The summed E-state index contributed by atoms with van der Waals surface area (Å²) in [6.45, 7) is -2.86. The fourth-order valence-electron chi connectivity index (χ4n) is 1.42. The third-order valence-electron chi connectivity index (χ3n) is 2.35. The summed E-state index contributed by atoms with van der Waals surface area (Å²) >= 11 is 3.17. The van der Waals surface area contributed by atoms with Crippen LogP contribution in [0, 0.1) is 11.3 Å². The normalized spacial score (nSPS) is 11.2. The van der Waals surface area contributed by atoms with Gasteiger partial charge in [-0.15, -0.1) is 0 Å². The molecule has 0 aliphatic rings. The SMILES string of the molecule is COCCOC(=O)/C(C#N)=C/c1cc(Br)ccc1OC(F)F. The summed E-state index contributed by atoms with van der Waals surface area (Å²) in [5.41, 5.74) is -0.191. The lowest BCUT2D eigenvalue weighted by atomic mass is 10.1. The van der Waals surface area contributed by atoms with Crippen molar-refractivity contribution in [2.75, 3.05) is 20.3 Å². The summed E-state index contributed by atoms with van der Waals surface area (Å²) in [5.74, 6) is -1.03. The van der Waals surface area contributed by atoms with Crippen LogP contribution in [0.5, 0.6) is 5.75 Å². The number of hydrogen-bond acceptors (Lipinski definition) is 5. The third kappa shape index (κ3) is 5.79. The van der Waals surface area contributed by atoms with Gasteiger partial charge in [-0.1, -0.05) is 15.9 Å². The first-order valence-corrected chi connectivity index (χ1v) is 6.79. The number of esters is 1. The van der Waals surface area contributed by atoms with Gasteiger partial charge in [0.2, 0.25) is 0 Å². The molecule has 0 amide bonds. The zero-order chi connectivity index (χ0) is 16.5. The van der Waals surface area contributed by atoms with Crippen LogP contribution < -0.4 is 4.74 Å². The van der Waals surface area contributed by atoms with E-state index in [9.17, 15) is 13.6 Å². The first kappa shape index (κ1) is 18.1. The smallest absolute Gasteiger partial charge is 0.387 e. The van der Waals surface area contributed by atoms with Gasteiger partial charge in [0, 0.05) is 17.1 Å². The van der Waals surface area contributed by atoms with E-state index >= 15 is 0 Å². The molecular weight excluding hydrogens is 364 g/mol. The van der Waals surface area contributed by atoms with Gasteiger partial charge < -0.3 is 14.2 Å². The van der Waals surface area contributed by atoms with Crippen molar-refractivity contribution in [3.05, 3.63) is 33.8 Å². The highest BCUT2D eigenvalue weighted by molar-refractivity contribution is 9.10. The molecule has 0 aromatic heterocycles. The predicted molar refractivity (Wildman–Crippen MR) is 77.2 cm³/mol. The standard InChI is InChI=1S/C14H12BrF2NO4/c1-20-4-5-21-13(19)10(8-18)6-9-7-11(15)2-3-12(9)22-14(16)17/h2-3,6-7,14H,4-5H2,1H3/b10-6+. The van der Waals surface area contributed by atoms with Gasteiger partial charge in [0.05, 0.1) is 6.61 Å². The second-order valence-corrected chi connectivity index (χ2v) is 4.77. The molecule has 1 aromatic rings. The Morgan fingerprint density at radius 2 is 2.18 bits per heavy atom. The summed E-state index contributed by atoms with van der Waals surface area (Å²) in [7, 11) is 1.43. The quantitative estimate of drug-likeness (QED) is 0.317. The van der Waals surface area contributed by atoms with Gasteiger partial charge in [-0.25, -0.2) is 4.79 Å². The number of ether oxygens (including phenoxy) is 3. The third-order valence-corrected chi connectivity index (χ3v) is 2.84. The Kier molecular flexibility index (Phi) is 7.49. The number of methoxy groups -OCH3 is 1. The summed E-state index contributed by atoms with van der Waals surface area (Å²) in [4.78, 5) is 11.7. The molecule has 0 saturated heterocycles. The number of rotatable bonds is 7. The Hall–Kier alpha value is -1.98. The van der Waals surface area contributed by atoms with E-state index in [0.717, 1.165) is 6.08 Å². The molecule has 118 valence electrons. The monoisotopic (exact) mass is 375 g/mol. The molecule has 0 aliphatic carbocycles. The molecule has 0 N–H and O–H groups in total. The number of benzene rings is 1. The van der Waals surface area contributed by atoms with Crippen LogP contribution in [-0.2, 0) is 14.3 Å². The maximum Gasteiger partial charge on any atom is 0.387 e. The minimum absolute atomic E-state index is 0.0206. The molecule has 1 aromatic carbocycles. The number of halogens is 3. The minimum atomic E-state index is -3.02. The predicted octanol–water partition coefficient (Wildman–Crippen LogP) is 3.15. The molecule has 0 bridgehead atoms. The van der Waals surface area contributed by atoms with Crippen LogP contribution in [0.1, 0.15) is 5.56 Å². The highest BCUT2D eigenvalue weighted by Gasteiger charge is 2.14. The summed E-state index contributed by atoms with van der Waals surface area (Å²) < 4.78 is 39.2. The second-order valence-electron chi connectivity index (χ2n) is 3.86. The number of nitrogens with zero attached hydrogens (tertiary/aromatic N) is 1. The molecule has 0 radical (unpaired) electrons. The Balaban J connectivity index is 3.03. The van der Waals surface area contributed by atoms with Crippen molar-refractivity contribution >= 4 is 28.0 Å². The topological polar surface area (TPSA) is 68.5 Å². The second kappa shape index (κ2) is 9.12. The zero-order valence-corrected chi connectivity index (χ0v) is 13.1. The van der Waals surface area contributed by atoms with Crippen LogP contribution >= 0.6 is 15.9 Å². The average Bonchev–Trinajstić information content (AvgIpc) is 2.47. The maximum atomic E-state index is 12.4. The molecule has 0 fully saturated rings. The van der Waals surface area contributed by atoms with Crippen molar-refractivity contribution in [1.29, 1.82) is 5.26 Å². The lowest BCUT2D eigenvalue weighted by Crippen LogP contribution is -2.11. The molecule has 0 heterocycles. The lowest BCUT2D eigenvalue weighted by Gasteiger charge is -2.09. The lowest BCUT2D eigenvalue weighted by molar-refractivity contribution is -0.139. The maximum absolute atomic E-state index is 12.4. The molecule has 0 saturated carbocycles. The summed E-state index contributed by atoms with van der Waals surface area (Å²) in [6, 6.07) is 5.90. The molecule has 0 atom stereocenters. The van der Waals surface area contributed by atoms with Gasteiger partial charge in [0.1, 0.15) is 24.0 Å². The van der Waals surface area contributed by atoms with E-state index in [1.165, 1.54) is 25.3 Å². The number of hydrogen-bond donors (Lipinski definition) is 0. The molecule has 22 heavy (non-hydrogen) atoms. The van der Waals surface area contributed by atoms with Gasteiger partial charge in [-0.3, -0.25) is 0 Å². The first-order chi connectivity index (χ1) is 10.5. The van der Waals surface area contributed by atoms with Gasteiger partial charge in [-0.05, 0) is 24.3 Å². The zero-order valence-electron chi connectivity index (χ0n) is 11.5. The van der Waals surface area contributed by atoms with Gasteiger partial charge in [-0.2, -0.15) is 14.0 Å². The minimum Gasteiger partial charge on any atom is -0.459 e. The van der Waals surface area contributed by atoms with E-state index in [0.29, 0.717) is 4.47 Å².